The molecule has 0 aliphatic heterocycles. The average Bonchev–Trinajstić information content (AvgIpc) is 2.09. The molecular weight excluding hydrogens is 172 g/mol. The summed E-state index contributed by atoms with van der Waals surface area (Å²) in [5.41, 5.74) is -1.33. The van der Waals surface area contributed by atoms with Crippen molar-refractivity contribution in [2.45, 2.75) is 18.5 Å². The van der Waals surface area contributed by atoms with Crippen LogP contribution in [0.4, 0.5) is 0 Å². The molecule has 0 aromatic rings. The van der Waals surface area contributed by atoms with E-state index in [1.165, 1.54) is 25.2 Å². The van der Waals surface area contributed by atoms with E-state index in [0.717, 1.165) is 0 Å². The van der Waals surface area contributed by atoms with Gasteiger partial charge in [-0.25, -0.2) is 4.79 Å². The molecule has 1 aliphatic rings. The highest BCUT2D eigenvalue weighted by molar-refractivity contribution is 5.37. The van der Waals surface area contributed by atoms with Crippen molar-refractivity contribution in [2.24, 2.45) is 4.99 Å². The lowest BCUT2D eigenvalue weighted by Gasteiger charge is -2.22. The Hall–Kier alpha value is -1.74. The van der Waals surface area contributed by atoms with E-state index in [0.29, 0.717) is 0 Å². The van der Waals surface area contributed by atoms with Crippen LogP contribution in [0.2, 0.25) is 0 Å². The molecule has 1 rings (SSSR count). The van der Waals surface area contributed by atoms with Gasteiger partial charge in [-0.05, 0) is 6.08 Å². The van der Waals surface area contributed by atoms with E-state index in [2.05, 4.69) is 4.99 Å². The van der Waals surface area contributed by atoms with Crippen molar-refractivity contribution in [1.29, 1.82) is 0 Å². The summed E-state index contributed by atoms with van der Waals surface area (Å²) in [5.74, 6) is 0. The Morgan fingerprint density at radius 3 is 2.85 bits per heavy atom. The van der Waals surface area contributed by atoms with Crippen molar-refractivity contribution in [1.82, 2.24) is 0 Å². The van der Waals surface area contributed by atoms with Crippen molar-refractivity contribution in [3.8, 4) is 0 Å². The monoisotopic (exact) mass is 180 g/mol. The summed E-state index contributed by atoms with van der Waals surface area (Å²) >= 11 is 0. The Labute approximate surface area is 74.6 Å². The van der Waals surface area contributed by atoms with E-state index in [4.69, 9.17) is 0 Å². The number of nitrogens with zero attached hydrogens (tertiary/aromatic N) is 2. The van der Waals surface area contributed by atoms with Crippen LogP contribution in [0, 0.1) is 10.1 Å². The second-order valence-corrected chi connectivity index (χ2v) is 2.89. The van der Waals surface area contributed by atoms with Gasteiger partial charge in [0.25, 0.3) is 5.54 Å². The van der Waals surface area contributed by atoms with Crippen LogP contribution in [0.3, 0.4) is 0 Å². The van der Waals surface area contributed by atoms with Crippen LogP contribution in [-0.4, -0.2) is 22.6 Å². The number of nitro groups is 1. The molecule has 0 aromatic heterocycles. The maximum absolute atomic E-state index is 10.7. The summed E-state index contributed by atoms with van der Waals surface area (Å²) in [6.45, 7) is 1.42. The van der Waals surface area contributed by atoms with Crippen LogP contribution in [0.25, 0.3) is 0 Å². The molecule has 0 bridgehead atoms. The lowest BCUT2D eigenvalue weighted by atomic mass is 9.89. The number of isocyanates is 1. The minimum absolute atomic E-state index is 0.460. The molecule has 0 fully saturated rings. The summed E-state index contributed by atoms with van der Waals surface area (Å²) < 4.78 is 0. The molecule has 68 valence electrons. The van der Waals surface area contributed by atoms with E-state index >= 15 is 0 Å². The Morgan fingerprint density at radius 2 is 2.31 bits per heavy atom. The fourth-order valence-corrected chi connectivity index (χ4v) is 1.11. The zero-order chi connectivity index (χ0) is 9.90. The topological polar surface area (TPSA) is 72.6 Å². The van der Waals surface area contributed by atoms with Crippen molar-refractivity contribution < 1.29 is 9.72 Å². The molecule has 0 N–H and O–H groups in total. The standard InChI is InChI=1S/C8H8N2O3/c1-8(10(12)13)5-3-2-4-7(8)9-6-11/h2-5,7H,1H3. The van der Waals surface area contributed by atoms with Crippen LogP contribution in [0.1, 0.15) is 6.92 Å². The molecule has 13 heavy (non-hydrogen) atoms. The first-order chi connectivity index (χ1) is 6.11. The molecule has 5 nitrogen and oxygen atoms in total. The van der Waals surface area contributed by atoms with E-state index in [-0.39, 0.29) is 0 Å². The Kier molecular flexibility index (Phi) is 2.39. The zero-order valence-electron chi connectivity index (χ0n) is 7.01. The smallest absolute Gasteiger partial charge is 0.264 e. The summed E-state index contributed by atoms with van der Waals surface area (Å²) in [4.78, 5) is 23.6. The maximum atomic E-state index is 10.7. The number of rotatable bonds is 2. The SMILES string of the molecule is CC1([N+](=O)[O-])C=CC=CC1N=C=O. The van der Waals surface area contributed by atoms with Crippen molar-refractivity contribution >= 4 is 6.08 Å². The summed E-state index contributed by atoms with van der Waals surface area (Å²) in [5, 5.41) is 10.7. The van der Waals surface area contributed by atoms with Gasteiger partial charge in [-0.2, -0.15) is 4.99 Å². The molecule has 0 heterocycles. The van der Waals surface area contributed by atoms with Gasteiger partial charge in [-0.15, -0.1) is 0 Å². The average molecular weight is 180 g/mol. The number of hydrogen-bond donors (Lipinski definition) is 0. The molecular formula is C8H8N2O3. The van der Waals surface area contributed by atoms with Gasteiger partial charge in [0.1, 0.15) is 0 Å². The molecule has 0 aromatic carbocycles. The van der Waals surface area contributed by atoms with Crippen LogP contribution in [-0.2, 0) is 4.79 Å². The largest absolute Gasteiger partial charge is 0.264 e. The number of aliphatic imine (C=N–C) groups is 1. The van der Waals surface area contributed by atoms with Crippen molar-refractivity contribution in [3.63, 3.8) is 0 Å². The van der Waals surface area contributed by atoms with E-state index in [1.54, 1.807) is 12.2 Å². The molecule has 5 heteroatoms. The van der Waals surface area contributed by atoms with Gasteiger partial charge >= 0.3 is 0 Å². The van der Waals surface area contributed by atoms with Gasteiger partial charge in [-0.1, -0.05) is 18.2 Å². The Balaban J connectivity index is 3.07. The predicted octanol–water partition coefficient (Wildman–Crippen LogP) is 0.852. The second kappa shape index (κ2) is 3.33. The normalized spacial score (nSPS) is 31.0. The fourth-order valence-electron chi connectivity index (χ4n) is 1.11. The Bertz CT molecular complexity index is 328. The lowest BCUT2D eigenvalue weighted by Crippen LogP contribution is -2.43. The molecule has 1 aliphatic carbocycles. The van der Waals surface area contributed by atoms with Gasteiger partial charge in [0, 0.05) is 11.8 Å². The van der Waals surface area contributed by atoms with Gasteiger partial charge in [0.15, 0.2) is 6.04 Å². The summed E-state index contributed by atoms with van der Waals surface area (Å²) in [6.07, 6.45) is 7.45. The molecule has 0 saturated carbocycles. The van der Waals surface area contributed by atoms with Gasteiger partial charge in [0.05, 0.1) is 0 Å². The predicted molar refractivity (Wildman–Crippen MR) is 45.6 cm³/mol. The van der Waals surface area contributed by atoms with Crippen molar-refractivity contribution in [3.05, 3.63) is 34.4 Å². The number of hydrogen-bond acceptors (Lipinski definition) is 4. The third kappa shape index (κ3) is 1.55. The zero-order valence-corrected chi connectivity index (χ0v) is 7.01. The number of carbonyl (C=O) groups excluding carboxylic acids is 1. The van der Waals surface area contributed by atoms with E-state index in [9.17, 15) is 14.9 Å². The highest BCUT2D eigenvalue weighted by Crippen LogP contribution is 2.23. The number of allylic oxidation sites excluding steroid dienone is 2. The van der Waals surface area contributed by atoms with Crippen LogP contribution < -0.4 is 0 Å². The first-order valence-electron chi connectivity index (χ1n) is 3.69. The van der Waals surface area contributed by atoms with Gasteiger partial charge in [0.2, 0.25) is 6.08 Å². The first kappa shape index (κ1) is 9.35. The third-order valence-corrected chi connectivity index (χ3v) is 2.02. The van der Waals surface area contributed by atoms with Crippen LogP contribution in [0.15, 0.2) is 29.3 Å². The van der Waals surface area contributed by atoms with E-state index in [1.807, 2.05) is 0 Å². The van der Waals surface area contributed by atoms with Gasteiger partial charge < -0.3 is 0 Å². The quantitative estimate of drug-likeness (QED) is 0.273. The fraction of sp³-hybridized carbons (Fsp3) is 0.375. The Morgan fingerprint density at radius 1 is 1.62 bits per heavy atom. The third-order valence-electron chi connectivity index (χ3n) is 2.02. The summed E-state index contributed by atoms with van der Waals surface area (Å²) in [6, 6.07) is -0.759. The highest BCUT2D eigenvalue weighted by Gasteiger charge is 2.43. The minimum Gasteiger partial charge on any atom is -0.264 e. The summed E-state index contributed by atoms with van der Waals surface area (Å²) in [7, 11) is 0. The van der Waals surface area contributed by atoms with E-state index < -0.39 is 16.5 Å². The van der Waals surface area contributed by atoms with Crippen molar-refractivity contribution in [2.75, 3.05) is 0 Å². The lowest BCUT2D eigenvalue weighted by molar-refractivity contribution is -0.551. The second-order valence-electron chi connectivity index (χ2n) is 2.89. The molecule has 2 atom stereocenters. The van der Waals surface area contributed by atoms with Crippen LogP contribution in [0.5, 0.6) is 0 Å². The highest BCUT2D eigenvalue weighted by atomic mass is 16.6. The molecule has 0 saturated heterocycles. The van der Waals surface area contributed by atoms with Gasteiger partial charge in [-0.3, -0.25) is 10.1 Å². The first-order valence-corrected chi connectivity index (χ1v) is 3.69. The molecule has 0 amide bonds. The maximum Gasteiger partial charge on any atom is 0.264 e. The molecule has 2 unspecified atom stereocenters. The molecule has 0 spiro atoms. The van der Waals surface area contributed by atoms with Crippen LogP contribution >= 0.6 is 0 Å². The molecule has 0 radical (unpaired) electrons. The minimum atomic E-state index is -1.33.